The topological polar surface area (TPSA) is 92.8 Å². The second-order valence-electron chi connectivity index (χ2n) is 6.36. The molecule has 0 spiro atoms. The van der Waals surface area contributed by atoms with Gasteiger partial charge in [-0.3, -0.25) is 19.3 Å². The molecule has 0 bridgehead atoms. The number of hydrogen-bond donors (Lipinski definition) is 1. The maximum absolute atomic E-state index is 12.7. The summed E-state index contributed by atoms with van der Waals surface area (Å²) in [5.41, 5.74) is 2.07. The maximum Gasteiger partial charge on any atom is 0.337 e. The van der Waals surface area contributed by atoms with Gasteiger partial charge in [0.1, 0.15) is 6.04 Å². The first-order chi connectivity index (χ1) is 13.2. The summed E-state index contributed by atoms with van der Waals surface area (Å²) in [4.78, 5) is 50.5. The standard InChI is InChI=1S/C20H17BrN2O5/c1-10-7-13(21)9-15-16(10)23(19(26)17(15)24)11(2)18(25)22-14-6-4-5-12(8-14)20(27)28-3/h4-9,11H,1-3H3,(H,22,25). The number of rotatable bonds is 4. The van der Waals surface area contributed by atoms with E-state index < -0.39 is 29.6 Å². The largest absolute Gasteiger partial charge is 0.465 e. The van der Waals surface area contributed by atoms with Crippen molar-refractivity contribution >= 4 is 50.9 Å². The van der Waals surface area contributed by atoms with Crippen molar-refractivity contribution < 1.29 is 23.9 Å². The number of Topliss-reactive ketones (excluding diaryl/α,β-unsaturated/α-hetero) is 1. The molecule has 0 aromatic heterocycles. The van der Waals surface area contributed by atoms with Crippen LogP contribution in [0.5, 0.6) is 0 Å². The van der Waals surface area contributed by atoms with Crippen molar-refractivity contribution in [2.24, 2.45) is 0 Å². The summed E-state index contributed by atoms with van der Waals surface area (Å²) in [6.07, 6.45) is 0. The minimum atomic E-state index is -0.931. The van der Waals surface area contributed by atoms with Gasteiger partial charge in [-0.05, 0) is 49.7 Å². The normalized spacial score (nSPS) is 13.9. The zero-order chi connectivity index (χ0) is 20.6. The van der Waals surface area contributed by atoms with E-state index in [4.69, 9.17) is 0 Å². The first-order valence-corrected chi connectivity index (χ1v) is 9.21. The molecule has 8 heteroatoms. The first-order valence-electron chi connectivity index (χ1n) is 8.42. The highest BCUT2D eigenvalue weighted by Gasteiger charge is 2.41. The number of esters is 1. The molecule has 144 valence electrons. The molecule has 1 heterocycles. The lowest BCUT2D eigenvalue weighted by molar-refractivity contribution is -0.120. The molecule has 0 saturated carbocycles. The number of fused-ring (bicyclic) bond motifs is 1. The number of halogens is 1. The first kappa shape index (κ1) is 19.8. The van der Waals surface area contributed by atoms with E-state index in [1.54, 1.807) is 44.2 Å². The fourth-order valence-corrected chi connectivity index (χ4v) is 3.70. The van der Waals surface area contributed by atoms with Crippen LogP contribution in [0.15, 0.2) is 40.9 Å². The van der Waals surface area contributed by atoms with E-state index in [1.807, 2.05) is 0 Å². The number of benzene rings is 2. The number of amides is 2. The summed E-state index contributed by atoms with van der Waals surface area (Å²) in [6, 6.07) is 8.68. The molecule has 28 heavy (non-hydrogen) atoms. The zero-order valence-corrected chi connectivity index (χ0v) is 17.0. The minimum absolute atomic E-state index is 0.268. The number of ether oxygens (including phenoxy) is 1. The van der Waals surface area contributed by atoms with Gasteiger partial charge in [0, 0.05) is 10.2 Å². The van der Waals surface area contributed by atoms with E-state index in [0.29, 0.717) is 21.4 Å². The zero-order valence-electron chi connectivity index (χ0n) is 15.4. The van der Waals surface area contributed by atoms with Crippen LogP contribution < -0.4 is 10.2 Å². The van der Waals surface area contributed by atoms with Gasteiger partial charge in [0.2, 0.25) is 5.91 Å². The van der Waals surface area contributed by atoms with Crippen LogP contribution in [0, 0.1) is 6.92 Å². The predicted molar refractivity (Wildman–Crippen MR) is 107 cm³/mol. The third kappa shape index (κ3) is 3.43. The lowest BCUT2D eigenvalue weighted by Crippen LogP contribution is -2.45. The highest BCUT2D eigenvalue weighted by Crippen LogP contribution is 2.36. The lowest BCUT2D eigenvalue weighted by Gasteiger charge is -2.25. The summed E-state index contributed by atoms with van der Waals surface area (Å²) in [5, 5.41) is 2.67. The number of nitrogens with zero attached hydrogens (tertiary/aromatic N) is 1. The summed E-state index contributed by atoms with van der Waals surface area (Å²) >= 11 is 3.32. The van der Waals surface area contributed by atoms with Crippen LogP contribution in [0.3, 0.4) is 0 Å². The Hall–Kier alpha value is -3.00. The molecule has 1 unspecified atom stereocenters. The Balaban J connectivity index is 1.88. The molecule has 1 aliphatic heterocycles. The number of nitrogens with one attached hydrogen (secondary N) is 1. The Labute approximate surface area is 169 Å². The fourth-order valence-electron chi connectivity index (χ4n) is 3.13. The van der Waals surface area contributed by atoms with Crippen LogP contribution in [-0.4, -0.2) is 36.7 Å². The highest BCUT2D eigenvalue weighted by atomic mass is 79.9. The monoisotopic (exact) mass is 444 g/mol. The summed E-state index contributed by atoms with van der Waals surface area (Å²) in [6.45, 7) is 3.31. The number of aryl methyl sites for hydroxylation is 1. The van der Waals surface area contributed by atoms with Crippen molar-refractivity contribution in [2.75, 3.05) is 17.3 Å². The third-order valence-corrected chi connectivity index (χ3v) is 4.94. The van der Waals surface area contributed by atoms with Crippen LogP contribution in [0.2, 0.25) is 0 Å². The van der Waals surface area contributed by atoms with Gasteiger partial charge < -0.3 is 10.1 Å². The molecule has 3 rings (SSSR count). The number of anilines is 2. The number of carbonyl (C=O) groups excluding carboxylic acids is 4. The molecular formula is C20H17BrN2O5. The van der Waals surface area contributed by atoms with Gasteiger partial charge in [0.25, 0.3) is 11.7 Å². The molecule has 0 radical (unpaired) electrons. The molecule has 2 aromatic carbocycles. The van der Waals surface area contributed by atoms with Crippen molar-refractivity contribution in [3.63, 3.8) is 0 Å². The Bertz CT molecular complexity index is 1020. The predicted octanol–water partition coefficient (Wildman–Crippen LogP) is 3.10. The average molecular weight is 445 g/mol. The quantitative estimate of drug-likeness (QED) is 0.577. The average Bonchev–Trinajstić information content (AvgIpc) is 2.92. The van der Waals surface area contributed by atoms with E-state index in [2.05, 4.69) is 26.0 Å². The van der Waals surface area contributed by atoms with Gasteiger partial charge in [-0.2, -0.15) is 0 Å². The fraction of sp³-hybridized carbons (Fsp3) is 0.200. The molecular weight excluding hydrogens is 428 g/mol. The molecule has 1 N–H and O–H groups in total. The molecule has 0 saturated heterocycles. The van der Waals surface area contributed by atoms with Crippen molar-refractivity contribution in [1.82, 2.24) is 0 Å². The lowest BCUT2D eigenvalue weighted by atomic mass is 10.1. The van der Waals surface area contributed by atoms with Crippen LogP contribution in [0.25, 0.3) is 0 Å². The second-order valence-corrected chi connectivity index (χ2v) is 7.28. The smallest absolute Gasteiger partial charge is 0.337 e. The number of hydrogen-bond acceptors (Lipinski definition) is 5. The number of carbonyl (C=O) groups is 4. The van der Waals surface area contributed by atoms with Crippen molar-refractivity contribution in [3.05, 3.63) is 57.6 Å². The maximum atomic E-state index is 12.7. The van der Waals surface area contributed by atoms with Crippen molar-refractivity contribution in [1.29, 1.82) is 0 Å². The Morgan fingerprint density at radius 2 is 1.89 bits per heavy atom. The Morgan fingerprint density at radius 3 is 2.57 bits per heavy atom. The summed E-state index contributed by atoms with van der Waals surface area (Å²) < 4.78 is 5.35. The SMILES string of the molecule is COC(=O)c1cccc(NC(=O)C(C)N2C(=O)C(=O)c3cc(Br)cc(C)c32)c1. The van der Waals surface area contributed by atoms with Crippen molar-refractivity contribution in [3.8, 4) is 0 Å². The number of methoxy groups -OCH3 is 1. The van der Waals surface area contributed by atoms with E-state index in [1.165, 1.54) is 18.1 Å². The van der Waals surface area contributed by atoms with E-state index in [0.717, 1.165) is 0 Å². The summed E-state index contributed by atoms with van der Waals surface area (Å²) in [7, 11) is 1.27. The highest BCUT2D eigenvalue weighted by molar-refractivity contribution is 9.10. The molecule has 1 aliphatic rings. The second kappa shape index (κ2) is 7.55. The number of ketones is 1. The molecule has 0 fully saturated rings. The van der Waals surface area contributed by atoms with Crippen LogP contribution in [0.4, 0.5) is 11.4 Å². The van der Waals surface area contributed by atoms with E-state index in [9.17, 15) is 19.2 Å². The Kier molecular flexibility index (Phi) is 5.33. The van der Waals surface area contributed by atoms with Gasteiger partial charge in [-0.1, -0.05) is 22.0 Å². The van der Waals surface area contributed by atoms with Gasteiger partial charge in [0.05, 0.1) is 23.9 Å². The van der Waals surface area contributed by atoms with E-state index >= 15 is 0 Å². The third-order valence-electron chi connectivity index (χ3n) is 4.48. The molecule has 1 atom stereocenters. The van der Waals surface area contributed by atoms with Crippen LogP contribution >= 0.6 is 15.9 Å². The van der Waals surface area contributed by atoms with Gasteiger partial charge >= 0.3 is 5.97 Å². The van der Waals surface area contributed by atoms with E-state index in [-0.39, 0.29) is 11.1 Å². The minimum Gasteiger partial charge on any atom is -0.465 e. The Morgan fingerprint density at radius 1 is 1.18 bits per heavy atom. The van der Waals surface area contributed by atoms with Gasteiger partial charge in [0.15, 0.2) is 0 Å². The van der Waals surface area contributed by atoms with Crippen LogP contribution in [-0.2, 0) is 14.3 Å². The van der Waals surface area contributed by atoms with Crippen LogP contribution in [0.1, 0.15) is 33.2 Å². The van der Waals surface area contributed by atoms with Gasteiger partial charge in [-0.25, -0.2) is 4.79 Å². The summed E-state index contributed by atoms with van der Waals surface area (Å²) in [5.74, 6) is -2.41. The molecule has 2 aromatic rings. The molecule has 7 nitrogen and oxygen atoms in total. The molecule has 2 amide bonds. The molecule has 0 aliphatic carbocycles. The van der Waals surface area contributed by atoms with Crippen molar-refractivity contribution in [2.45, 2.75) is 19.9 Å². The van der Waals surface area contributed by atoms with Gasteiger partial charge in [-0.15, -0.1) is 0 Å².